The normalized spacial score (nSPS) is 10.8. The molecule has 0 unspecified atom stereocenters. The molecular weight excluding hydrogens is 861 g/mol. The molecule has 7 aromatic rings. The Morgan fingerprint density at radius 3 is 1.81 bits per heavy atom. The van der Waals surface area contributed by atoms with Crippen molar-refractivity contribution in [2.24, 2.45) is 5.84 Å². The highest BCUT2D eigenvalue weighted by atomic mass is 35.5. The van der Waals surface area contributed by atoms with Gasteiger partial charge in [0, 0.05) is 26.5 Å². The summed E-state index contributed by atoms with van der Waals surface area (Å²) in [5, 5.41) is 11.8. The first-order chi connectivity index (χ1) is 29.8. The van der Waals surface area contributed by atoms with Crippen LogP contribution in [0.15, 0.2) is 113 Å². The summed E-state index contributed by atoms with van der Waals surface area (Å²) in [5.41, 5.74) is 2.38. The van der Waals surface area contributed by atoms with Gasteiger partial charge in [0.2, 0.25) is 0 Å². The first-order valence-corrected chi connectivity index (χ1v) is 18.4. The van der Waals surface area contributed by atoms with Crippen molar-refractivity contribution >= 4 is 52.7 Å². The number of methoxy groups -OCH3 is 2. The number of carbonyl (C=O) groups is 3. The monoisotopic (exact) mass is 893 g/mol. The number of aldehydes is 1. The molecule has 0 amide bonds. The topological polar surface area (TPSA) is 181 Å². The first-order valence-electron chi connectivity index (χ1n) is 17.7. The second-order valence-electron chi connectivity index (χ2n) is 12.6. The molecule has 14 nitrogen and oxygen atoms in total. The maximum Gasteiger partial charge on any atom is 0.344 e. The van der Waals surface area contributed by atoms with Crippen LogP contribution in [0.5, 0.6) is 0 Å². The minimum atomic E-state index is -0.827. The largest absolute Gasteiger partial charge is 0.465 e. The summed E-state index contributed by atoms with van der Waals surface area (Å²) in [7, 11) is 5.70. The van der Waals surface area contributed by atoms with Crippen LogP contribution in [0.25, 0.3) is 45.1 Å². The van der Waals surface area contributed by atoms with Gasteiger partial charge in [-0.15, -0.1) is 0 Å². The van der Waals surface area contributed by atoms with E-state index in [4.69, 9.17) is 47.6 Å². The van der Waals surface area contributed by atoms with Crippen molar-refractivity contribution in [3.05, 3.63) is 154 Å². The number of esters is 2. The Hall–Kier alpha value is -7.28. The number of rotatable bonds is 10. The van der Waals surface area contributed by atoms with E-state index < -0.39 is 29.4 Å². The molecule has 4 aromatic carbocycles. The van der Waals surface area contributed by atoms with Crippen LogP contribution in [0.2, 0.25) is 10.0 Å². The quantitative estimate of drug-likeness (QED) is 0.0332. The van der Waals surface area contributed by atoms with Crippen molar-refractivity contribution in [1.29, 1.82) is 0 Å². The smallest absolute Gasteiger partial charge is 0.344 e. The molecule has 0 bridgehead atoms. The third-order valence-corrected chi connectivity index (χ3v) is 8.95. The molecule has 0 spiro atoms. The highest BCUT2D eigenvalue weighted by Gasteiger charge is 2.31. The standard InChI is InChI=1S/C20H12ClF2N3O3.C16H14ClFN2O4.C6H7FN2/c1-28-20(27)17-18(16-12(21)5-4-7-14(16)23)25-29-19(17)11-9-24-26(10-11)15-8-3-2-6-13(15)22;1-20(2)7-9(8-21)15-13(16(22)23-3)14(19-24-15)12-10(17)5-4-6-11(12)18;7-5-3-1-2-4-6(5)9-8/h2-10H,1H3;4-8H,1-3H3;1-4,9H,8H2/b;9-7+;. The zero-order chi connectivity index (χ0) is 45.1. The van der Waals surface area contributed by atoms with Crippen LogP contribution in [0.4, 0.5) is 23.2 Å². The SMILES string of the molecule is COC(=O)c1c(-c2c(F)cccc2Cl)noc1-c1cnn(-c2ccccc2F)c1.COC(=O)c1c(-c2c(F)cccc2Cl)noc1/C(C=O)=C/N(C)C.NNc1ccccc1F. The third kappa shape index (κ3) is 10.2. The number of nitrogens with one attached hydrogen (secondary N) is 1. The summed E-state index contributed by atoms with van der Waals surface area (Å²) in [4.78, 5) is 37.6. The second kappa shape index (κ2) is 20.8. The minimum Gasteiger partial charge on any atom is -0.465 e. The maximum atomic E-state index is 14.4. The summed E-state index contributed by atoms with van der Waals surface area (Å²) >= 11 is 12.1. The van der Waals surface area contributed by atoms with Gasteiger partial charge in [-0.05, 0) is 48.5 Å². The average Bonchev–Trinajstić information content (AvgIpc) is 4.03. The predicted molar refractivity (Wildman–Crippen MR) is 221 cm³/mol. The molecule has 0 aliphatic carbocycles. The number of allylic oxidation sites excluding steroid dienone is 1. The highest BCUT2D eigenvalue weighted by Crippen LogP contribution is 2.38. The number of carbonyl (C=O) groups excluding carboxylic acids is 3. The molecule has 7 rings (SSSR count). The third-order valence-electron chi connectivity index (χ3n) is 8.32. The van der Waals surface area contributed by atoms with Crippen molar-refractivity contribution in [3.8, 4) is 39.5 Å². The molecule has 0 saturated carbocycles. The van der Waals surface area contributed by atoms with Gasteiger partial charge in [-0.2, -0.15) is 5.10 Å². The number of nitrogen functional groups attached to an aromatic ring is 1. The van der Waals surface area contributed by atoms with Gasteiger partial charge >= 0.3 is 11.9 Å². The Bertz CT molecular complexity index is 2710. The van der Waals surface area contributed by atoms with E-state index in [0.29, 0.717) is 17.5 Å². The summed E-state index contributed by atoms with van der Waals surface area (Å²) < 4.78 is 76.3. The van der Waals surface area contributed by atoms with Gasteiger partial charge < -0.3 is 28.8 Å². The molecule has 62 heavy (non-hydrogen) atoms. The molecule has 20 heteroatoms. The van der Waals surface area contributed by atoms with Crippen molar-refractivity contribution in [2.45, 2.75) is 0 Å². The molecule has 3 N–H and O–H groups in total. The lowest BCUT2D eigenvalue weighted by molar-refractivity contribution is -0.103. The number of benzene rings is 4. The van der Waals surface area contributed by atoms with Gasteiger partial charge in [-0.3, -0.25) is 10.6 Å². The lowest BCUT2D eigenvalue weighted by Gasteiger charge is -2.07. The predicted octanol–water partition coefficient (Wildman–Crippen LogP) is 9.05. The van der Waals surface area contributed by atoms with Gasteiger partial charge in [-0.25, -0.2) is 31.8 Å². The molecule has 0 atom stereocenters. The summed E-state index contributed by atoms with van der Waals surface area (Å²) in [6.45, 7) is 0. The van der Waals surface area contributed by atoms with Crippen LogP contribution < -0.4 is 11.3 Å². The Kier molecular flexibility index (Phi) is 15.4. The number of hydrogen-bond acceptors (Lipinski definition) is 13. The van der Waals surface area contributed by atoms with Crippen LogP contribution in [0.1, 0.15) is 26.5 Å². The number of hydrazine groups is 1. The second-order valence-corrected chi connectivity index (χ2v) is 13.4. The van der Waals surface area contributed by atoms with E-state index in [1.54, 1.807) is 49.3 Å². The molecule has 0 aliphatic heterocycles. The first kappa shape index (κ1) is 45.8. The van der Waals surface area contributed by atoms with Crippen molar-refractivity contribution in [1.82, 2.24) is 25.0 Å². The lowest BCUT2D eigenvalue weighted by Crippen LogP contribution is -2.08. The number of nitrogens with two attached hydrogens (primary N) is 1. The van der Waals surface area contributed by atoms with Crippen LogP contribution in [-0.4, -0.2) is 71.5 Å². The Balaban J connectivity index is 0.000000198. The van der Waals surface area contributed by atoms with Crippen LogP contribution in [0, 0.1) is 23.3 Å². The number of aromatic nitrogens is 4. The summed E-state index contributed by atoms with van der Waals surface area (Å²) in [5.74, 6) is 1.03. The van der Waals surface area contributed by atoms with Gasteiger partial charge in [0.15, 0.2) is 17.8 Å². The van der Waals surface area contributed by atoms with Crippen molar-refractivity contribution < 1.29 is 50.5 Å². The number of nitrogens with zero attached hydrogens (tertiary/aromatic N) is 5. The molecule has 3 heterocycles. The fourth-order valence-electron chi connectivity index (χ4n) is 5.55. The van der Waals surface area contributed by atoms with Gasteiger partial charge in [-0.1, -0.05) is 69.9 Å². The zero-order valence-corrected chi connectivity index (χ0v) is 34.3. The molecule has 0 radical (unpaired) electrons. The fourth-order valence-corrected chi connectivity index (χ4v) is 6.06. The molecule has 0 fully saturated rings. The number of anilines is 1. The zero-order valence-electron chi connectivity index (χ0n) is 32.8. The minimum absolute atomic E-state index is 0.00578. The number of ether oxygens (including phenoxy) is 2. The van der Waals surface area contributed by atoms with E-state index in [0.717, 1.165) is 7.11 Å². The van der Waals surface area contributed by atoms with E-state index in [1.165, 1.54) is 85.0 Å². The van der Waals surface area contributed by atoms with E-state index in [1.807, 2.05) is 0 Å². The molecule has 320 valence electrons. The van der Waals surface area contributed by atoms with Crippen molar-refractivity contribution in [3.63, 3.8) is 0 Å². The molecule has 0 saturated heterocycles. The maximum absolute atomic E-state index is 14.4. The lowest BCUT2D eigenvalue weighted by atomic mass is 10.0. The van der Waals surface area contributed by atoms with E-state index >= 15 is 0 Å². The van der Waals surface area contributed by atoms with E-state index in [-0.39, 0.29) is 72.3 Å². The Labute approximate surface area is 360 Å². The highest BCUT2D eigenvalue weighted by molar-refractivity contribution is 6.34. The fraction of sp³-hybridized carbons (Fsp3) is 0.0952. The summed E-state index contributed by atoms with van der Waals surface area (Å²) in [6.07, 6.45) is 4.76. The van der Waals surface area contributed by atoms with Gasteiger partial charge in [0.05, 0.1) is 58.4 Å². The molecular formula is C42H33Cl2F4N7O7. The van der Waals surface area contributed by atoms with E-state index in [2.05, 4.69) is 20.8 Å². The summed E-state index contributed by atoms with van der Waals surface area (Å²) in [6, 6.07) is 20.4. The van der Waals surface area contributed by atoms with Crippen LogP contribution in [-0.2, 0) is 14.3 Å². The van der Waals surface area contributed by atoms with Gasteiger partial charge in [0.1, 0.15) is 51.5 Å². The van der Waals surface area contributed by atoms with Crippen molar-refractivity contribution in [2.75, 3.05) is 33.7 Å². The van der Waals surface area contributed by atoms with Gasteiger partial charge in [0.25, 0.3) is 0 Å². The molecule has 3 aromatic heterocycles. The Morgan fingerprint density at radius 2 is 1.29 bits per heavy atom. The Morgan fingerprint density at radius 1 is 0.758 bits per heavy atom. The van der Waals surface area contributed by atoms with Crippen LogP contribution >= 0.6 is 23.2 Å². The average molecular weight is 895 g/mol. The van der Waals surface area contributed by atoms with E-state index in [9.17, 15) is 31.9 Å². The number of hydrogen-bond donors (Lipinski definition) is 2. The number of halogens is 6. The number of para-hydroxylation sites is 2. The molecule has 0 aliphatic rings. The van der Waals surface area contributed by atoms with Crippen LogP contribution in [0.3, 0.4) is 0 Å².